The number of thiophene rings is 1. The first-order chi connectivity index (χ1) is 23.2. The molecular weight excluding hydrogens is 638 g/mol. The number of amides is 1. The fourth-order valence-corrected chi connectivity index (χ4v) is 7.31. The van der Waals surface area contributed by atoms with Crippen molar-refractivity contribution in [2.45, 2.75) is 25.6 Å². The van der Waals surface area contributed by atoms with E-state index >= 15 is 4.39 Å². The van der Waals surface area contributed by atoms with Gasteiger partial charge in [0.1, 0.15) is 47.2 Å². The number of hydrogen-bond acceptors (Lipinski definition) is 9. The van der Waals surface area contributed by atoms with Gasteiger partial charge in [-0.25, -0.2) is 13.8 Å². The van der Waals surface area contributed by atoms with Crippen molar-refractivity contribution in [2.24, 2.45) is 0 Å². The quantitative estimate of drug-likeness (QED) is 0.132. The van der Waals surface area contributed by atoms with E-state index in [0.717, 1.165) is 30.2 Å². The number of carbonyl (C=O) groups is 1. The molecule has 10 nitrogen and oxygen atoms in total. The van der Waals surface area contributed by atoms with Gasteiger partial charge in [0.2, 0.25) is 5.91 Å². The molecule has 13 heteroatoms. The number of hydrogen-bond donors (Lipinski definition) is 0. The minimum Gasteiger partial charge on any atom is -0.490 e. The van der Waals surface area contributed by atoms with Crippen LogP contribution in [0.4, 0.5) is 8.78 Å². The van der Waals surface area contributed by atoms with Crippen molar-refractivity contribution in [3.63, 3.8) is 0 Å². The largest absolute Gasteiger partial charge is 0.490 e. The van der Waals surface area contributed by atoms with Crippen molar-refractivity contribution < 1.29 is 27.8 Å². The third-order valence-corrected chi connectivity index (χ3v) is 9.63. The molecule has 0 saturated carbocycles. The van der Waals surface area contributed by atoms with E-state index in [0.29, 0.717) is 51.7 Å². The molecule has 0 spiro atoms. The minimum absolute atomic E-state index is 0.0256. The Labute approximate surface area is 280 Å². The molecule has 4 aromatic heterocycles. The number of rotatable bonds is 10. The van der Waals surface area contributed by atoms with E-state index in [1.165, 1.54) is 30.6 Å². The van der Waals surface area contributed by atoms with Gasteiger partial charge in [0.05, 0.1) is 42.3 Å². The highest BCUT2D eigenvalue weighted by Crippen LogP contribution is 2.47. The predicted octanol–water partition coefficient (Wildman–Crippen LogP) is 5.97. The third-order valence-electron chi connectivity index (χ3n) is 8.70. The van der Waals surface area contributed by atoms with Crippen LogP contribution < -0.4 is 9.47 Å². The smallest absolute Gasteiger partial charge is 0.246 e. The highest BCUT2D eigenvalue weighted by molar-refractivity contribution is 7.18. The summed E-state index contributed by atoms with van der Waals surface area (Å²) in [5.41, 5.74) is 3.47. The average Bonchev–Trinajstić information content (AvgIpc) is 3.72. The van der Waals surface area contributed by atoms with Crippen LogP contribution in [0.15, 0.2) is 60.8 Å². The predicted molar refractivity (Wildman–Crippen MR) is 179 cm³/mol. The van der Waals surface area contributed by atoms with Gasteiger partial charge in [-0.1, -0.05) is 6.58 Å². The van der Waals surface area contributed by atoms with E-state index < -0.39 is 11.6 Å². The number of methoxy groups -OCH3 is 1. The van der Waals surface area contributed by atoms with E-state index in [1.54, 1.807) is 17.3 Å². The summed E-state index contributed by atoms with van der Waals surface area (Å²) in [6, 6.07) is 7.43. The Hall–Kier alpha value is -4.72. The van der Waals surface area contributed by atoms with Crippen molar-refractivity contribution >= 4 is 27.3 Å². The molecule has 0 unspecified atom stereocenters. The molecule has 0 radical (unpaired) electrons. The Kier molecular flexibility index (Phi) is 8.67. The van der Waals surface area contributed by atoms with Gasteiger partial charge in [-0.05, 0) is 43.6 Å². The first kappa shape index (κ1) is 31.9. The van der Waals surface area contributed by atoms with Crippen LogP contribution in [0, 0.1) is 11.6 Å². The lowest BCUT2D eigenvalue weighted by Crippen LogP contribution is -2.51. The number of halogens is 2. The van der Waals surface area contributed by atoms with Crippen LogP contribution in [-0.4, -0.2) is 88.6 Å². The summed E-state index contributed by atoms with van der Waals surface area (Å²) in [5.74, 6) is -1.09. The zero-order valence-corrected chi connectivity index (χ0v) is 27.6. The number of aromatic nitrogens is 4. The average molecular weight is 673 g/mol. The topological polar surface area (TPSA) is 94.8 Å². The van der Waals surface area contributed by atoms with Crippen LogP contribution in [0.1, 0.15) is 18.7 Å². The standard InChI is InChI=1S/C35H34F2N6O4S/c1-5-30(44)42-7-8-43-28(20(42)2)15-27(40-43)34-32(31-26(37)13-22(36)14-29(31)46-10-9-45-4)35-25(6-11-48-35)33(39-34)21-12-23(17-38-16-21)47-24-18-41(3)19-24/h5-6,11-17,20,24H,1,7-10,18-19H2,2-4H3/t20-/m1/s1. The van der Waals surface area contributed by atoms with Crippen LogP contribution in [-0.2, 0) is 16.1 Å². The molecule has 0 bridgehead atoms. The summed E-state index contributed by atoms with van der Waals surface area (Å²) in [5, 5.41) is 7.60. The number of carbonyl (C=O) groups excluding carboxylic acids is 1. The van der Waals surface area contributed by atoms with Gasteiger partial charge >= 0.3 is 0 Å². The maximum absolute atomic E-state index is 16.1. The Morgan fingerprint density at radius 3 is 2.71 bits per heavy atom. The molecule has 1 fully saturated rings. The van der Waals surface area contributed by atoms with Gasteiger partial charge in [0, 0.05) is 66.3 Å². The molecule has 5 aromatic rings. The lowest BCUT2D eigenvalue weighted by molar-refractivity contribution is -0.129. The van der Waals surface area contributed by atoms with Crippen LogP contribution >= 0.6 is 11.3 Å². The zero-order valence-electron chi connectivity index (χ0n) is 26.8. The third kappa shape index (κ3) is 5.82. The van der Waals surface area contributed by atoms with Crippen molar-refractivity contribution in [3.8, 4) is 45.3 Å². The van der Waals surface area contributed by atoms with E-state index in [-0.39, 0.29) is 42.6 Å². The lowest BCUT2D eigenvalue weighted by Gasteiger charge is -2.35. The first-order valence-corrected chi connectivity index (χ1v) is 16.5. The Balaban J connectivity index is 1.44. The number of ether oxygens (including phenoxy) is 3. The maximum Gasteiger partial charge on any atom is 0.246 e. The zero-order chi connectivity index (χ0) is 33.5. The number of benzene rings is 1. The summed E-state index contributed by atoms with van der Waals surface area (Å²) >= 11 is 1.41. The molecule has 1 amide bonds. The highest BCUT2D eigenvalue weighted by atomic mass is 32.1. The van der Waals surface area contributed by atoms with Gasteiger partial charge in [-0.2, -0.15) is 5.10 Å². The van der Waals surface area contributed by atoms with Crippen molar-refractivity contribution in [1.82, 2.24) is 29.5 Å². The second kappa shape index (κ2) is 13.1. The van der Waals surface area contributed by atoms with E-state index in [4.69, 9.17) is 24.3 Å². The number of fused-ring (bicyclic) bond motifs is 2. The van der Waals surface area contributed by atoms with E-state index in [1.807, 2.05) is 42.2 Å². The Morgan fingerprint density at radius 2 is 1.94 bits per heavy atom. The second-order valence-electron chi connectivity index (χ2n) is 11.9. The molecule has 248 valence electrons. The van der Waals surface area contributed by atoms with E-state index in [9.17, 15) is 9.18 Å². The maximum atomic E-state index is 16.1. The Bertz CT molecular complexity index is 2020. The monoisotopic (exact) mass is 672 g/mol. The van der Waals surface area contributed by atoms with Crippen LogP contribution in [0.2, 0.25) is 0 Å². The van der Waals surface area contributed by atoms with Crippen LogP contribution in [0.25, 0.3) is 43.9 Å². The highest BCUT2D eigenvalue weighted by Gasteiger charge is 2.32. The molecule has 1 saturated heterocycles. The summed E-state index contributed by atoms with van der Waals surface area (Å²) in [7, 11) is 3.56. The summed E-state index contributed by atoms with van der Waals surface area (Å²) in [6.45, 7) is 8.45. The van der Waals surface area contributed by atoms with Crippen LogP contribution in [0.3, 0.4) is 0 Å². The molecule has 7 rings (SSSR count). The molecule has 2 aliphatic heterocycles. The van der Waals surface area contributed by atoms with Gasteiger partial charge in [0.25, 0.3) is 0 Å². The fraction of sp³-hybridized carbons (Fsp3) is 0.314. The Morgan fingerprint density at radius 1 is 1.10 bits per heavy atom. The molecule has 6 heterocycles. The molecule has 48 heavy (non-hydrogen) atoms. The number of likely N-dealkylation sites (N-methyl/N-ethyl adjacent to an activating group) is 1. The van der Waals surface area contributed by atoms with Crippen molar-refractivity contribution in [2.75, 3.05) is 47.0 Å². The number of pyridine rings is 2. The summed E-state index contributed by atoms with van der Waals surface area (Å²) < 4.78 is 50.5. The molecule has 1 atom stereocenters. The van der Waals surface area contributed by atoms with Gasteiger partial charge < -0.3 is 19.1 Å². The van der Waals surface area contributed by atoms with Gasteiger partial charge in [-0.15, -0.1) is 11.3 Å². The lowest BCUT2D eigenvalue weighted by atomic mass is 9.96. The van der Waals surface area contributed by atoms with Crippen molar-refractivity contribution in [3.05, 3.63) is 78.1 Å². The summed E-state index contributed by atoms with van der Waals surface area (Å²) in [4.78, 5) is 26.2. The second-order valence-corrected chi connectivity index (χ2v) is 12.8. The number of likely N-dealkylation sites (tertiary alicyclic amines) is 1. The molecular formula is C35H34F2N6O4S. The molecule has 0 aliphatic carbocycles. The molecule has 1 aromatic carbocycles. The normalized spacial score (nSPS) is 16.5. The van der Waals surface area contributed by atoms with Gasteiger partial charge in [-0.3, -0.25) is 19.4 Å². The fourth-order valence-electron chi connectivity index (χ4n) is 6.36. The SMILES string of the molecule is C=CC(=O)N1CCn2nc(-c3nc(-c4cncc(OC5CN(C)C5)c4)c4ccsc4c3-c3c(F)cc(F)cc3OCCOC)cc2[C@H]1C. The minimum atomic E-state index is -0.796. The number of nitrogens with zero attached hydrogens (tertiary/aromatic N) is 6. The van der Waals surface area contributed by atoms with E-state index in [2.05, 4.69) is 16.5 Å². The summed E-state index contributed by atoms with van der Waals surface area (Å²) in [6.07, 6.45) is 4.78. The van der Waals surface area contributed by atoms with Gasteiger partial charge in [0.15, 0.2) is 0 Å². The first-order valence-electron chi connectivity index (χ1n) is 15.6. The van der Waals surface area contributed by atoms with Crippen molar-refractivity contribution in [1.29, 1.82) is 0 Å². The molecule has 0 N–H and O–H groups in total. The molecule has 2 aliphatic rings. The van der Waals surface area contributed by atoms with Crippen LogP contribution in [0.5, 0.6) is 11.5 Å².